The van der Waals surface area contributed by atoms with Gasteiger partial charge < -0.3 is 23.9 Å². The first-order valence-corrected chi connectivity index (χ1v) is 22.7. The molecule has 0 radical (unpaired) electrons. The molecule has 2 heterocycles. The summed E-state index contributed by atoms with van der Waals surface area (Å²) in [5, 5.41) is 29.5. The fourth-order valence-corrected chi connectivity index (χ4v) is 9.68. The molecule has 0 bridgehead atoms. The SMILES string of the molecule is CCOC(=O)c1c(CCCOc2cccc3cc(F)ccc23)c2ccc(Cl)c(-c3c(CO)nn(C)c3CC)c2n1CCCCN(C(=O)OC(C)(C)C)S(=O)(=O)c1ccccc1[N+](=O)[O-]. The number of sulfonamides is 1. The number of aliphatic hydroxyl groups excluding tert-OH is 1. The van der Waals surface area contributed by atoms with Crippen LogP contribution in [0.25, 0.3) is 32.8 Å². The lowest BCUT2D eigenvalue weighted by molar-refractivity contribution is -0.387. The van der Waals surface area contributed by atoms with Crippen LogP contribution in [0.4, 0.5) is 14.9 Å². The normalized spacial score (nSPS) is 11.9. The zero-order chi connectivity index (χ0) is 46.5. The van der Waals surface area contributed by atoms with Gasteiger partial charge in [-0.05, 0) is 107 Å². The highest BCUT2D eigenvalue weighted by atomic mass is 35.5. The Morgan fingerprint density at radius 3 is 2.41 bits per heavy atom. The number of hydrogen-bond acceptors (Lipinski definition) is 11. The van der Waals surface area contributed by atoms with Gasteiger partial charge in [0.25, 0.3) is 15.7 Å². The van der Waals surface area contributed by atoms with Crippen molar-refractivity contribution in [3.05, 3.63) is 116 Å². The molecule has 0 atom stereocenters. The van der Waals surface area contributed by atoms with Gasteiger partial charge in [0, 0.05) is 53.8 Å². The molecule has 64 heavy (non-hydrogen) atoms. The van der Waals surface area contributed by atoms with Crippen molar-refractivity contribution in [2.75, 3.05) is 19.8 Å². The molecular formula is C46H51ClFN5O10S. The Labute approximate surface area is 375 Å². The van der Waals surface area contributed by atoms with Crippen LogP contribution in [0.2, 0.25) is 5.02 Å². The van der Waals surface area contributed by atoms with Gasteiger partial charge in [0.1, 0.15) is 22.9 Å². The van der Waals surface area contributed by atoms with E-state index in [1.54, 1.807) is 74.3 Å². The minimum atomic E-state index is -4.80. The molecular weight excluding hydrogens is 869 g/mol. The maximum absolute atomic E-state index is 14.2. The van der Waals surface area contributed by atoms with E-state index >= 15 is 0 Å². The summed E-state index contributed by atoms with van der Waals surface area (Å²) in [4.78, 5) is 38.2. The quantitative estimate of drug-likeness (QED) is 0.0375. The number of nitro groups is 1. The van der Waals surface area contributed by atoms with Gasteiger partial charge in [-0.25, -0.2) is 26.7 Å². The van der Waals surface area contributed by atoms with Gasteiger partial charge in [-0.3, -0.25) is 14.8 Å². The second kappa shape index (κ2) is 19.8. The van der Waals surface area contributed by atoms with Crippen LogP contribution in [0.3, 0.4) is 0 Å². The molecule has 1 amide bonds. The van der Waals surface area contributed by atoms with Gasteiger partial charge in [-0.2, -0.15) is 5.10 Å². The third kappa shape index (κ3) is 9.86. The van der Waals surface area contributed by atoms with Crippen molar-refractivity contribution in [2.45, 2.75) is 90.4 Å². The predicted molar refractivity (Wildman–Crippen MR) is 241 cm³/mol. The lowest BCUT2D eigenvalue weighted by Gasteiger charge is -2.27. The number of aliphatic hydroxyl groups is 1. The molecule has 2 aromatic heterocycles. The number of carbonyl (C=O) groups is 2. The molecule has 15 nitrogen and oxygen atoms in total. The Hall–Kier alpha value is -6.04. The van der Waals surface area contributed by atoms with Crippen LogP contribution in [-0.4, -0.2) is 74.5 Å². The second-order valence-electron chi connectivity index (χ2n) is 16.0. The van der Waals surface area contributed by atoms with Gasteiger partial charge in [0.2, 0.25) is 0 Å². The van der Waals surface area contributed by atoms with E-state index in [1.165, 1.54) is 24.3 Å². The number of unbranched alkanes of at least 4 members (excludes halogenated alkanes) is 1. The van der Waals surface area contributed by atoms with Crippen LogP contribution in [0.5, 0.6) is 5.75 Å². The summed E-state index contributed by atoms with van der Waals surface area (Å²) in [6, 6.07) is 18.2. The van der Waals surface area contributed by atoms with Crippen LogP contribution in [-0.2, 0) is 52.5 Å². The Bertz CT molecular complexity index is 2840. The number of amides is 1. The summed E-state index contributed by atoms with van der Waals surface area (Å²) in [6.07, 6.45) is 0.293. The molecule has 0 aliphatic carbocycles. The fraction of sp³-hybridized carbons (Fsp3) is 0.370. The molecule has 1 N–H and O–H groups in total. The molecule has 0 saturated heterocycles. The van der Waals surface area contributed by atoms with Gasteiger partial charge in [-0.15, -0.1) is 0 Å². The number of aryl methyl sites for hydroxylation is 3. The molecule has 0 fully saturated rings. The van der Waals surface area contributed by atoms with Crippen molar-refractivity contribution >= 4 is 61.0 Å². The Kier molecular flexibility index (Phi) is 14.7. The molecule has 0 unspecified atom stereocenters. The molecule has 0 aliphatic rings. The first kappa shape index (κ1) is 47.4. The number of fused-ring (bicyclic) bond motifs is 2. The molecule has 18 heteroatoms. The van der Waals surface area contributed by atoms with Crippen molar-refractivity contribution in [3.8, 4) is 16.9 Å². The molecule has 6 aromatic rings. The van der Waals surface area contributed by atoms with Gasteiger partial charge in [0.15, 0.2) is 4.90 Å². The highest BCUT2D eigenvalue weighted by Crippen LogP contribution is 2.43. The molecule has 4 aromatic carbocycles. The monoisotopic (exact) mass is 919 g/mol. The zero-order valence-corrected chi connectivity index (χ0v) is 38.1. The molecule has 340 valence electrons. The molecule has 6 rings (SSSR count). The van der Waals surface area contributed by atoms with Crippen molar-refractivity contribution < 1.29 is 46.6 Å². The smallest absolute Gasteiger partial charge is 0.424 e. The summed E-state index contributed by atoms with van der Waals surface area (Å²) in [5.74, 6) is -0.408. The molecule has 0 aliphatic heterocycles. The Morgan fingerprint density at radius 1 is 0.984 bits per heavy atom. The van der Waals surface area contributed by atoms with Gasteiger partial charge in [-0.1, -0.05) is 48.9 Å². The van der Waals surface area contributed by atoms with E-state index in [2.05, 4.69) is 5.10 Å². The minimum Gasteiger partial charge on any atom is -0.493 e. The van der Waals surface area contributed by atoms with Crippen LogP contribution >= 0.6 is 11.6 Å². The average molecular weight is 920 g/mol. The van der Waals surface area contributed by atoms with Crippen LogP contribution in [0, 0.1) is 15.9 Å². The summed E-state index contributed by atoms with van der Waals surface area (Å²) in [5.41, 5.74) is 1.89. The predicted octanol–water partition coefficient (Wildman–Crippen LogP) is 9.54. The number of halogens is 2. The average Bonchev–Trinajstić information content (AvgIpc) is 3.73. The number of hydrogen-bond donors (Lipinski definition) is 1. The largest absolute Gasteiger partial charge is 0.493 e. The van der Waals surface area contributed by atoms with Crippen molar-refractivity contribution in [1.29, 1.82) is 0 Å². The first-order valence-electron chi connectivity index (χ1n) is 20.9. The first-order chi connectivity index (χ1) is 30.4. The van der Waals surface area contributed by atoms with Crippen molar-refractivity contribution in [2.24, 2.45) is 7.05 Å². The third-order valence-corrected chi connectivity index (χ3v) is 12.7. The standard InChI is InChI=1S/C46H51ClFN5O10S/c1-7-36-41(35(28-54)49-50(36)6)40-34(47)23-22-33-32(16-14-26-62-38-18-13-15-29-27-30(48)20-21-31(29)38)43(44(55)61-8-2)51(42(33)40)24-11-12-25-52(45(56)63-46(3,4)5)64(59,60)39-19-10-9-17-37(39)53(57)58/h9-10,13,15,17-23,27,54H,7-8,11-12,14,16,24-26,28H2,1-6H3. The van der Waals surface area contributed by atoms with E-state index in [1.807, 2.05) is 13.0 Å². The minimum absolute atomic E-state index is 0.0318. The summed E-state index contributed by atoms with van der Waals surface area (Å²) >= 11 is 7.10. The number of ether oxygens (including phenoxy) is 3. The van der Waals surface area contributed by atoms with E-state index in [4.69, 9.17) is 25.8 Å². The van der Waals surface area contributed by atoms with E-state index in [-0.39, 0.29) is 44.1 Å². The maximum Gasteiger partial charge on any atom is 0.424 e. The zero-order valence-electron chi connectivity index (χ0n) is 36.5. The number of nitro benzene ring substituents is 1. The lowest BCUT2D eigenvalue weighted by atomic mass is 9.97. The van der Waals surface area contributed by atoms with E-state index < -0.39 is 56.3 Å². The molecule has 0 spiro atoms. The number of rotatable bonds is 18. The summed E-state index contributed by atoms with van der Waals surface area (Å²) in [6.45, 7) is 7.91. The second-order valence-corrected chi connectivity index (χ2v) is 18.2. The summed E-state index contributed by atoms with van der Waals surface area (Å²) in [7, 11) is -3.04. The Balaban J connectivity index is 1.43. The van der Waals surface area contributed by atoms with Crippen LogP contribution < -0.4 is 4.74 Å². The topological polar surface area (TPSA) is 185 Å². The van der Waals surface area contributed by atoms with Crippen LogP contribution in [0.1, 0.15) is 81.3 Å². The highest BCUT2D eigenvalue weighted by Gasteiger charge is 2.37. The molecule has 0 saturated carbocycles. The van der Waals surface area contributed by atoms with E-state index in [0.717, 1.165) is 23.2 Å². The highest BCUT2D eigenvalue weighted by molar-refractivity contribution is 7.89. The summed E-state index contributed by atoms with van der Waals surface area (Å²) < 4.78 is 63.5. The van der Waals surface area contributed by atoms with Crippen molar-refractivity contribution in [3.63, 3.8) is 0 Å². The number of carbonyl (C=O) groups excluding carboxylic acids is 2. The number of para-hydroxylation sites is 1. The number of aromatic nitrogens is 3. The lowest BCUT2D eigenvalue weighted by Crippen LogP contribution is -2.41. The Morgan fingerprint density at radius 2 is 1.72 bits per heavy atom. The third-order valence-electron chi connectivity index (χ3n) is 10.6. The maximum atomic E-state index is 14.2. The van der Waals surface area contributed by atoms with Crippen LogP contribution in [0.15, 0.2) is 77.7 Å². The van der Waals surface area contributed by atoms with Gasteiger partial charge >= 0.3 is 12.1 Å². The van der Waals surface area contributed by atoms with Gasteiger partial charge in [0.05, 0.1) is 41.0 Å². The van der Waals surface area contributed by atoms with E-state index in [9.17, 15) is 37.6 Å². The van der Waals surface area contributed by atoms with E-state index in [0.29, 0.717) is 73.0 Å². The number of nitrogens with zero attached hydrogens (tertiary/aromatic N) is 5. The number of benzene rings is 4. The number of esters is 1. The fourth-order valence-electron chi connectivity index (χ4n) is 7.94. The van der Waals surface area contributed by atoms with Crippen molar-refractivity contribution in [1.82, 2.24) is 18.7 Å².